The van der Waals surface area contributed by atoms with Gasteiger partial charge in [-0.25, -0.2) is 4.39 Å². The molecule has 2 heteroatoms. The summed E-state index contributed by atoms with van der Waals surface area (Å²) in [6.45, 7) is 3.89. The lowest BCUT2D eigenvalue weighted by Crippen LogP contribution is -2.36. The zero-order chi connectivity index (χ0) is 10.8. The first-order valence-corrected chi connectivity index (χ1v) is 5.69. The standard InChI is InChI=1S/C13H18FN/c1-9-6-7-11(8-13(9)14)10(2)15-12-4-3-5-12/h6-8,10,12,15H,3-5H2,1-2H3. The van der Waals surface area contributed by atoms with Crippen LogP contribution in [-0.4, -0.2) is 6.04 Å². The zero-order valence-electron chi connectivity index (χ0n) is 9.39. The lowest BCUT2D eigenvalue weighted by Gasteiger charge is -2.30. The van der Waals surface area contributed by atoms with Crippen molar-refractivity contribution in [2.45, 2.75) is 45.2 Å². The van der Waals surface area contributed by atoms with Gasteiger partial charge in [-0.05, 0) is 43.9 Å². The van der Waals surface area contributed by atoms with E-state index in [0.29, 0.717) is 6.04 Å². The van der Waals surface area contributed by atoms with Crippen LogP contribution in [0.2, 0.25) is 0 Å². The molecule has 0 saturated heterocycles. The van der Waals surface area contributed by atoms with E-state index in [9.17, 15) is 4.39 Å². The second kappa shape index (κ2) is 4.31. The number of aryl methyl sites for hydroxylation is 1. The molecule has 1 aliphatic rings. The van der Waals surface area contributed by atoms with Gasteiger partial charge in [-0.15, -0.1) is 0 Å². The van der Waals surface area contributed by atoms with Gasteiger partial charge in [0.1, 0.15) is 5.82 Å². The van der Waals surface area contributed by atoms with Gasteiger partial charge in [0.25, 0.3) is 0 Å². The Morgan fingerprint density at radius 3 is 2.67 bits per heavy atom. The van der Waals surface area contributed by atoms with Gasteiger partial charge in [0.15, 0.2) is 0 Å². The molecule has 82 valence electrons. The highest BCUT2D eigenvalue weighted by molar-refractivity contribution is 5.25. The minimum Gasteiger partial charge on any atom is -0.307 e. The molecule has 0 aliphatic heterocycles. The Labute approximate surface area is 90.7 Å². The van der Waals surface area contributed by atoms with Crippen molar-refractivity contribution in [2.75, 3.05) is 0 Å². The molecule has 0 spiro atoms. The van der Waals surface area contributed by atoms with Gasteiger partial charge in [-0.1, -0.05) is 18.6 Å². The van der Waals surface area contributed by atoms with Gasteiger partial charge in [0.2, 0.25) is 0 Å². The van der Waals surface area contributed by atoms with Crippen LogP contribution in [0.25, 0.3) is 0 Å². The smallest absolute Gasteiger partial charge is 0.126 e. The third-order valence-electron chi connectivity index (χ3n) is 3.29. The molecule has 1 fully saturated rings. The molecule has 1 aromatic rings. The Bertz CT molecular complexity index is 344. The van der Waals surface area contributed by atoms with Crippen LogP contribution in [0.1, 0.15) is 43.4 Å². The van der Waals surface area contributed by atoms with Crippen LogP contribution in [0.4, 0.5) is 4.39 Å². The first-order chi connectivity index (χ1) is 7.16. The van der Waals surface area contributed by atoms with E-state index in [1.165, 1.54) is 19.3 Å². The van der Waals surface area contributed by atoms with Crippen molar-refractivity contribution in [1.82, 2.24) is 5.32 Å². The predicted octanol–water partition coefficient (Wildman–Crippen LogP) is 3.34. The molecule has 1 atom stereocenters. The quantitative estimate of drug-likeness (QED) is 0.801. The van der Waals surface area contributed by atoms with Crippen molar-refractivity contribution in [3.63, 3.8) is 0 Å². The molecule has 2 rings (SSSR count). The summed E-state index contributed by atoms with van der Waals surface area (Å²) in [5, 5.41) is 3.51. The third kappa shape index (κ3) is 2.37. The van der Waals surface area contributed by atoms with Crippen LogP contribution in [0.3, 0.4) is 0 Å². The van der Waals surface area contributed by atoms with E-state index in [1.54, 1.807) is 13.0 Å². The van der Waals surface area contributed by atoms with Crippen molar-refractivity contribution >= 4 is 0 Å². The molecule has 0 radical (unpaired) electrons. The normalized spacial score (nSPS) is 18.6. The second-order valence-corrected chi connectivity index (χ2v) is 4.52. The van der Waals surface area contributed by atoms with Gasteiger partial charge < -0.3 is 5.32 Å². The number of halogens is 1. The topological polar surface area (TPSA) is 12.0 Å². The van der Waals surface area contributed by atoms with E-state index in [4.69, 9.17) is 0 Å². The molecular formula is C13H18FN. The molecule has 0 heterocycles. The third-order valence-corrected chi connectivity index (χ3v) is 3.29. The average molecular weight is 207 g/mol. The number of benzene rings is 1. The highest BCUT2D eigenvalue weighted by Gasteiger charge is 2.19. The predicted molar refractivity (Wildman–Crippen MR) is 60.3 cm³/mol. The molecule has 1 nitrogen and oxygen atoms in total. The fourth-order valence-corrected chi connectivity index (χ4v) is 1.90. The second-order valence-electron chi connectivity index (χ2n) is 4.52. The highest BCUT2D eigenvalue weighted by Crippen LogP contribution is 2.23. The first kappa shape index (κ1) is 10.6. The number of hydrogen-bond acceptors (Lipinski definition) is 1. The van der Waals surface area contributed by atoms with Gasteiger partial charge in [-0.2, -0.15) is 0 Å². The maximum Gasteiger partial charge on any atom is 0.126 e. The lowest BCUT2D eigenvalue weighted by molar-refractivity contribution is 0.313. The molecule has 1 saturated carbocycles. The van der Waals surface area contributed by atoms with Gasteiger partial charge in [-0.3, -0.25) is 0 Å². The molecule has 1 aromatic carbocycles. The van der Waals surface area contributed by atoms with Gasteiger partial charge >= 0.3 is 0 Å². The van der Waals surface area contributed by atoms with Crippen LogP contribution in [0.15, 0.2) is 18.2 Å². The van der Waals surface area contributed by atoms with E-state index >= 15 is 0 Å². The van der Waals surface area contributed by atoms with Crippen molar-refractivity contribution in [3.8, 4) is 0 Å². The van der Waals surface area contributed by atoms with Gasteiger partial charge in [0.05, 0.1) is 0 Å². The maximum atomic E-state index is 13.3. The molecule has 15 heavy (non-hydrogen) atoms. The number of hydrogen-bond donors (Lipinski definition) is 1. The Kier molecular flexibility index (Phi) is 3.06. The Morgan fingerprint density at radius 2 is 2.13 bits per heavy atom. The summed E-state index contributed by atoms with van der Waals surface area (Å²) in [5.74, 6) is -0.102. The molecule has 0 aromatic heterocycles. The molecular weight excluding hydrogens is 189 g/mol. The summed E-state index contributed by atoms with van der Waals surface area (Å²) in [6, 6.07) is 6.40. The summed E-state index contributed by atoms with van der Waals surface area (Å²) in [4.78, 5) is 0. The zero-order valence-corrected chi connectivity index (χ0v) is 9.39. The molecule has 1 N–H and O–H groups in total. The summed E-state index contributed by atoms with van der Waals surface area (Å²) in [5.41, 5.74) is 1.76. The highest BCUT2D eigenvalue weighted by atomic mass is 19.1. The van der Waals surface area contributed by atoms with Crippen LogP contribution in [0, 0.1) is 12.7 Å². The van der Waals surface area contributed by atoms with Crippen molar-refractivity contribution in [2.24, 2.45) is 0 Å². The lowest BCUT2D eigenvalue weighted by atomic mass is 9.91. The summed E-state index contributed by atoms with van der Waals surface area (Å²) >= 11 is 0. The largest absolute Gasteiger partial charge is 0.307 e. The summed E-state index contributed by atoms with van der Waals surface area (Å²) in [7, 11) is 0. The van der Waals surface area contributed by atoms with Crippen LogP contribution >= 0.6 is 0 Å². The fraction of sp³-hybridized carbons (Fsp3) is 0.538. The van der Waals surface area contributed by atoms with Crippen molar-refractivity contribution in [1.29, 1.82) is 0 Å². The molecule has 0 bridgehead atoms. The number of nitrogens with one attached hydrogen (secondary N) is 1. The van der Waals surface area contributed by atoms with Gasteiger partial charge in [0, 0.05) is 12.1 Å². The molecule has 1 aliphatic carbocycles. The first-order valence-electron chi connectivity index (χ1n) is 5.69. The average Bonchev–Trinajstić information content (AvgIpc) is 2.15. The van der Waals surface area contributed by atoms with Crippen LogP contribution < -0.4 is 5.32 Å². The van der Waals surface area contributed by atoms with Crippen LogP contribution in [-0.2, 0) is 0 Å². The molecule has 0 amide bonds. The Morgan fingerprint density at radius 1 is 1.40 bits per heavy atom. The van der Waals surface area contributed by atoms with E-state index in [0.717, 1.165) is 11.1 Å². The van der Waals surface area contributed by atoms with E-state index in [2.05, 4.69) is 12.2 Å². The Hall–Kier alpha value is -0.890. The maximum absolute atomic E-state index is 13.3. The summed E-state index contributed by atoms with van der Waals surface area (Å²) < 4.78 is 13.3. The van der Waals surface area contributed by atoms with Crippen molar-refractivity contribution < 1.29 is 4.39 Å². The van der Waals surface area contributed by atoms with E-state index in [-0.39, 0.29) is 11.9 Å². The minimum atomic E-state index is -0.102. The van der Waals surface area contributed by atoms with Crippen LogP contribution in [0.5, 0.6) is 0 Å². The summed E-state index contributed by atoms with van der Waals surface area (Å²) in [6.07, 6.45) is 3.85. The SMILES string of the molecule is Cc1ccc(C(C)NC2CCC2)cc1F. The van der Waals surface area contributed by atoms with E-state index in [1.807, 2.05) is 12.1 Å². The number of rotatable bonds is 3. The monoisotopic (exact) mass is 207 g/mol. The van der Waals surface area contributed by atoms with Crippen molar-refractivity contribution in [3.05, 3.63) is 35.1 Å². The van der Waals surface area contributed by atoms with E-state index < -0.39 is 0 Å². The fourth-order valence-electron chi connectivity index (χ4n) is 1.90. The minimum absolute atomic E-state index is 0.102. The Balaban J connectivity index is 2.03. The molecule has 1 unspecified atom stereocenters.